The normalized spacial score (nSPS) is 54.8. The first kappa shape index (κ1) is 7.60. The van der Waals surface area contributed by atoms with Crippen LogP contribution in [0, 0.1) is 23.2 Å². The molecule has 0 aromatic rings. The SMILES string of the molecule is CC1CC(N)C2(C(C)C)CC12. The van der Waals surface area contributed by atoms with E-state index in [2.05, 4.69) is 20.8 Å². The van der Waals surface area contributed by atoms with Gasteiger partial charge < -0.3 is 5.73 Å². The first-order valence-corrected chi connectivity index (χ1v) is 4.84. The van der Waals surface area contributed by atoms with Gasteiger partial charge in [0.05, 0.1) is 0 Å². The van der Waals surface area contributed by atoms with E-state index in [1.807, 2.05) is 0 Å². The molecule has 0 spiro atoms. The van der Waals surface area contributed by atoms with Crippen molar-refractivity contribution in [2.75, 3.05) is 0 Å². The summed E-state index contributed by atoms with van der Waals surface area (Å²) in [6, 6.07) is 0.502. The van der Waals surface area contributed by atoms with Gasteiger partial charge in [0.1, 0.15) is 0 Å². The molecule has 2 fully saturated rings. The van der Waals surface area contributed by atoms with E-state index in [-0.39, 0.29) is 0 Å². The van der Waals surface area contributed by atoms with Crippen LogP contribution < -0.4 is 5.73 Å². The maximum atomic E-state index is 6.15. The van der Waals surface area contributed by atoms with Crippen LogP contribution in [-0.4, -0.2) is 6.04 Å². The van der Waals surface area contributed by atoms with Crippen LogP contribution in [-0.2, 0) is 0 Å². The van der Waals surface area contributed by atoms with E-state index >= 15 is 0 Å². The third-order valence-electron chi connectivity index (χ3n) is 4.18. The maximum Gasteiger partial charge on any atom is 0.0103 e. The van der Waals surface area contributed by atoms with E-state index in [4.69, 9.17) is 5.73 Å². The molecule has 2 aliphatic rings. The molecule has 2 aliphatic carbocycles. The van der Waals surface area contributed by atoms with Gasteiger partial charge in [-0.2, -0.15) is 0 Å². The van der Waals surface area contributed by atoms with Gasteiger partial charge in [0.2, 0.25) is 0 Å². The van der Waals surface area contributed by atoms with E-state index in [1.54, 1.807) is 0 Å². The van der Waals surface area contributed by atoms with E-state index in [0.29, 0.717) is 11.5 Å². The van der Waals surface area contributed by atoms with Crippen molar-refractivity contribution >= 4 is 0 Å². The monoisotopic (exact) mass is 153 g/mol. The molecule has 2 N–H and O–H groups in total. The Morgan fingerprint density at radius 3 is 2.27 bits per heavy atom. The van der Waals surface area contributed by atoms with Crippen LogP contribution in [0.1, 0.15) is 33.6 Å². The van der Waals surface area contributed by atoms with Crippen molar-refractivity contribution in [3.05, 3.63) is 0 Å². The predicted octanol–water partition coefficient (Wildman–Crippen LogP) is 2.02. The Labute approximate surface area is 69.4 Å². The van der Waals surface area contributed by atoms with Gasteiger partial charge in [0.15, 0.2) is 0 Å². The average molecular weight is 153 g/mol. The molecule has 0 saturated heterocycles. The highest BCUT2D eigenvalue weighted by molar-refractivity contribution is 5.16. The highest BCUT2D eigenvalue weighted by atomic mass is 14.8. The van der Waals surface area contributed by atoms with E-state index in [9.17, 15) is 0 Å². The molecule has 0 heterocycles. The molecule has 11 heavy (non-hydrogen) atoms. The largest absolute Gasteiger partial charge is 0.327 e. The molecular weight excluding hydrogens is 134 g/mol. The molecule has 0 aromatic heterocycles. The second-order valence-corrected chi connectivity index (χ2v) is 4.90. The maximum absolute atomic E-state index is 6.15. The van der Waals surface area contributed by atoms with Gasteiger partial charge in [-0.05, 0) is 36.0 Å². The minimum atomic E-state index is 0.502. The molecule has 64 valence electrons. The number of hydrogen-bond donors (Lipinski definition) is 1. The van der Waals surface area contributed by atoms with Crippen LogP contribution in [0.15, 0.2) is 0 Å². The molecule has 4 unspecified atom stereocenters. The Morgan fingerprint density at radius 2 is 2.09 bits per heavy atom. The summed E-state index contributed by atoms with van der Waals surface area (Å²) < 4.78 is 0. The van der Waals surface area contributed by atoms with Crippen LogP contribution in [0.25, 0.3) is 0 Å². The minimum Gasteiger partial charge on any atom is -0.327 e. The lowest BCUT2D eigenvalue weighted by Crippen LogP contribution is -2.32. The van der Waals surface area contributed by atoms with Gasteiger partial charge in [-0.15, -0.1) is 0 Å². The van der Waals surface area contributed by atoms with Crippen LogP contribution in [0.4, 0.5) is 0 Å². The summed E-state index contributed by atoms with van der Waals surface area (Å²) in [5.74, 6) is 2.66. The molecule has 1 heteroatoms. The summed E-state index contributed by atoms with van der Waals surface area (Å²) in [6.45, 7) is 7.03. The molecule has 0 amide bonds. The summed E-state index contributed by atoms with van der Waals surface area (Å²) in [7, 11) is 0. The first-order valence-electron chi connectivity index (χ1n) is 4.84. The van der Waals surface area contributed by atoms with Gasteiger partial charge in [-0.25, -0.2) is 0 Å². The molecule has 0 aliphatic heterocycles. The van der Waals surface area contributed by atoms with Crippen molar-refractivity contribution in [1.29, 1.82) is 0 Å². The number of rotatable bonds is 1. The fourth-order valence-electron chi connectivity index (χ4n) is 3.36. The zero-order valence-corrected chi connectivity index (χ0v) is 7.80. The lowest BCUT2D eigenvalue weighted by atomic mass is 9.86. The summed E-state index contributed by atoms with van der Waals surface area (Å²) in [4.78, 5) is 0. The summed E-state index contributed by atoms with van der Waals surface area (Å²) in [5.41, 5.74) is 6.72. The van der Waals surface area contributed by atoms with Gasteiger partial charge in [-0.3, -0.25) is 0 Å². The smallest absolute Gasteiger partial charge is 0.0103 e. The Balaban J connectivity index is 2.19. The Kier molecular flexibility index (Phi) is 1.39. The standard InChI is InChI=1S/C10H19N/c1-6(2)10-5-8(10)7(3)4-9(10)11/h6-9H,4-5,11H2,1-3H3. The number of fused-ring (bicyclic) bond motifs is 1. The van der Waals surface area contributed by atoms with Crippen molar-refractivity contribution in [3.63, 3.8) is 0 Å². The fraction of sp³-hybridized carbons (Fsp3) is 1.00. The molecule has 4 atom stereocenters. The Hall–Kier alpha value is -0.0400. The van der Waals surface area contributed by atoms with Crippen molar-refractivity contribution in [2.45, 2.75) is 39.7 Å². The molecule has 0 bridgehead atoms. The van der Waals surface area contributed by atoms with E-state index in [1.165, 1.54) is 12.8 Å². The molecule has 0 aromatic carbocycles. The lowest BCUT2D eigenvalue weighted by Gasteiger charge is -2.23. The number of hydrogen-bond acceptors (Lipinski definition) is 1. The highest BCUT2D eigenvalue weighted by Gasteiger charge is 2.65. The van der Waals surface area contributed by atoms with Gasteiger partial charge >= 0.3 is 0 Å². The predicted molar refractivity (Wildman–Crippen MR) is 47.1 cm³/mol. The van der Waals surface area contributed by atoms with Crippen molar-refractivity contribution < 1.29 is 0 Å². The van der Waals surface area contributed by atoms with Crippen molar-refractivity contribution in [3.8, 4) is 0 Å². The molecular formula is C10H19N. The average Bonchev–Trinajstić information content (AvgIpc) is 2.56. The van der Waals surface area contributed by atoms with Gasteiger partial charge in [0.25, 0.3) is 0 Å². The second kappa shape index (κ2) is 2.01. The second-order valence-electron chi connectivity index (χ2n) is 4.90. The van der Waals surface area contributed by atoms with Gasteiger partial charge in [0, 0.05) is 6.04 Å². The quantitative estimate of drug-likeness (QED) is 0.612. The summed E-state index contributed by atoms with van der Waals surface area (Å²) in [6.07, 6.45) is 2.68. The lowest BCUT2D eigenvalue weighted by molar-refractivity contribution is 0.302. The zero-order valence-electron chi connectivity index (χ0n) is 7.80. The highest BCUT2D eigenvalue weighted by Crippen LogP contribution is 2.68. The molecule has 1 nitrogen and oxygen atoms in total. The van der Waals surface area contributed by atoms with E-state index < -0.39 is 0 Å². The molecule has 0 radical (unpaired) electrons. The summed E-state index contributed by atoms with van der Waals surface area (Å²) >= 11 is 0. The molecule has 2 rings (SSSR count). The summed E-state index contributed by atoms with van der Waals surface area (Å²) in [5, 5.41) is 0. The van der Waals surface area contributed by atoms with Crippen LogP contribution >= 0.6 is 0 Å². The third-order valence-corrected chi connectivity index (χ3v) is 4.18. The third kappa shape index (κ3) is 0.752. The Bertz CT molecular complexity index is 172. The van der Waals surface area contributed by atoms with Crippen LogP contribution in [0.2, 0.25) is 0 Å². The van der Waals surface area contributed by atoms with Crippen LogP contribution in [0.3, 0.4) is 0 Å². The van der Waals surface area contributed by atoms with Crippen molar-refractivity contribution in [1.82, 2.24) is 0 Å². The topological polar surface area (TPSA) is 26.0 Å². The minimum absolute atomic E-state index is 0.502. The Morgan fingerprint density at radius 1 is 1.45 bits per heavy atom. The first-order chi connectivity index (χ1) is 5.09. The number of nitrogens with two attached hydrogens (primary N) is 1. The van der Waals surface area contributed by atoms with Crippen molar-refractivity contribution in [2.24, 2.45) is 28.9 Å². The zero-order chi connectivity index (χ0) is 8.22. The van der Waals surface area contributed by atoms with E-state index in [0.717, 1.165) is 17.8 Å². The van der Waals surface area contributed by atoms with Crippen LogP contribution in [0.5, 0.6) is 0 Å². The molecule has 2 saturated carbocycles. The van der Waals surface area contributed by atoms with Gasteiger partial charge in [-0.1, -0.05) is 20.8 Å². The fourth-order valence-corrected chi connectivity index (χ4v) is 3.36.